The van der Waals surface area contributed by atoms with E-state index in [1.54, 1.807) is 6.33 Å². The highest BCUT2D eigenvalue weighted by Gasteiger charge is 2.31. The van der Waals surface area contributed by atoms with Crippen molar-refractivity contribution in [3.63, 3.8) is 0 Å². The number of rotatable bonds is 5. The number of nitrogens with zero attached hydrogens (tertiary/aromatic N) is 2. The fourth-order valence-electron chi connectivity index (χ4n) is 3.31. The topological polar surface area (TPSA) is 53.6 Å². The molecule has 0 bridgehead atoms. The van der Waals surface area contributed by atoms with Gasteiger partial charge >= 0.3 is 0 Å². The van der Waals surface area contributed by atoms with Crippen LogP contribution in [0.1, 0.15) is 56.1 Å². The molecule has 1 aromatic carbocycles. The SMILES string of the molecule is CC1(C)CCC(NCCCc2ncn[nH]2)c2ccccc21. The number of fused-ring (bicyclic) bond motifs is 1. The third kappa shape index (κ3) is 3.16. The summed E-state index contributed by atoms with van der Waals surface area (Å²) in [6.07, 6.45) is 6.06. The van der Waals surface area contributed by atoms with Gasteiger partial charge in [0.1, 0.15) is 12.2 Å². The largest absolute Gasteiger partial charge is 0.310 e. The lowest BCUT2D eigenvalue weighted by molar-refractivity contribution is 0.357. The van der Waals surface area contributed by atoms with Crippen molar-refractivity contribution in [1.82, 2.24) is 20.5 Å². The average Bonchev–Trinajstić information content (AvgIpc) is 2.99. The zero-order valence-electron chi connectivity index (χ0n) is 12.9. The van der Waals surface area contributed by atoms with Crippen LogP contribution in [-0.2, 0) is 11.8 Å². The van der Waals surface area contributed by atoms with Gasteiger partial charge in [-0.3, -0.25) is 5.10 Å². The highest BCUT2D eigenvalue weighted by Crippen LogP contribution is 2.41. The molecule has 0 saturated carbocycles. The van der Waals surface area contributed by atoms with E-state index >= 15 is 0 Å². The average molecular weight is 284 g/mol. The van der Waals surface area contributed by atoms with Crippen LogP contribution in [0.15, 0.2) is 30.6 Å². The molecule has 112 valence electrons. The van der Waals surface area contributed by atoms with E-state index in [1.165, 1.54) is 24.0 Å². The van der Waals surface area contributed by atoms with Gasteiger partial charge in [0.05, 0.1) is 0 Å². The van der Waals surface area contributed by atoms with Crippen molar-refractivity contribution < 1.29 is 0 Å². The third-order valence-corrected chi connectivity index (χ3v) is 4.57. The van der Waals surface area contributed by atoms with Crippen molar-refractivity contribution in [1.29, 1.82) is 0 Å². The van der Waals surface area contributed by atoms with E-state index < -0.39 is 0 Å². The predicted octanol–water partition coefficient (Wildman–Crippen LogP) is 3.14. The summed E-state index contributed by atoms with van der Waals surface area (Å²) in [7, 11) is 0. The van der Waals surface area contributed by atoms with Crippen LogP contribution in [0.3, 0.4) is 0 Å². The molecule has 4 nitrogen and oxygen atoms in total. The van der Waals surface area contributed by atoms with Crippen LogP contribution < -0.4 is 5.32 Å². The van der Waals surface area contributed by atoms with Gasteiger partial charge in [-0.2, -0.15) is 5.10 Å². The Morgan fingerprint density at radius 3 is 3.00 bits per heavy atom. The fraction of sp³-hybridized carbons (Fsp3) is 0.529. The van der Waals surface area contributed by atoms with E-state index in [0.717, 1.165) is 25.2 Å². The number of aromatic nitrogens is 3. The van der Waals surface area contributed by atoms with Crippen molar-refractivity contribution in [3.8, 4) is 0 Å². The first kappa shape index (κ1) is 14.3. The minimum absolute atomic E-state index is 0.300. The van der Waals surface area contributed by atoms with Gasteiger partial charge in [0.15, 0.2) is 0 Å². The Labute approximate surface area is 126 Å². The standard InChI is InChI=1S/C17H24N4/c1-17(2)10-9-15(13-6-3-4-7-14(13)17)18-11-5-8-16-19-12-20-21-16/h3-4,6-7,12,15,18H,5,8-11H2,1-2H3,(H,19,20,21). The third-order valence-electron chi connectivity index (χ3n) is 4.57. The van der Waals surface area contributed by atoms with Crippen molar-refractivity contribution in [2.45, 2.75) is 51.0 Å². The molecule has 1 aliphatic carbocycles. The maximum Gasteiger partial charge on any atom is 0.137 e. The van der Waals surface area contributed by atoms with E-state index in [2.05, 4.69) is 58.6 Å². The Balaban J connectivity index is 1.59. The van der Waals surface area contributed by atoms with Gasteiger partial charge in [0, 0.05) is 12.5 Å². The highest BCUT2D eigenvalue weighted by molar-refractivity contribution is 5.38. The zero-order chi connectivity index (χ0) is 14.7. The highest BCUT2D eigenvalue weighted by atomic mass is 15.2. The van der Waals surface area contributed by atoms with E-state index in [0.29, 0.717) is 11.5 Å². The lowest BCUT2D eigenvalue weighted by Crippen LogP contribution is -2.33. The second kappa shape index (κ2) is 5.98. The first-order valence-corrected chi connectivity index (χ1v) is 7.84. The Morgan fingerprint density at radius 1 is 1.33 bits per heavy atom. The quantitative estimate of drug-likeness (QED) is 0.829. The summed E-state index contributed by atoms with van der Waals surface area (Å²) in [6.45, 7) is 5.72. The summed E-state index contributed by atoms with van der Waals surface area (Å²) in [5.74, 6) is 0.974. The second-order valence-electron chi connectivity index (χ2n) is 6.55. The number of nitrogens with one attached hydrogen (secondary N) is 2. The van der Waals surface area contributed by atoms with Gasteiger partial charge < -0.3 is 5.32 Å². The minimum atomic E-state index is 0.300. The number of hydrogen-bond acceptors (Lipinski definition) is 3. The van der Waals surface area contributed by atoms with Gasteiger partial charge in [-0.25, -0.2) is 4.98 Å². The molecule has 2 aromatic rings. The molecular weight excluding hydrogens is 260 g/mol. The van der Waals surface area contributed by atoms with Crippen LogP contribution >= 0.6 is 0 Å². The Morgan fingerprint density at radius 2 is 2.19 bits per heavy atom. The first-order valence-electron chi connectivity index (χ1n) is 7.84. The molecule has 1 heterocycles. The second-order valence-corrected chi connectivity index (χ2v) is 6.55. The summed E-state index contributed by atoms with van der Waals surface area (Å²) in [4.78, 5) is 4.16. The van der Waals surface area contributed by atoms with E-state index in [4.69, 9.17) is 0 Å². The number of H-pyrrole nitrogens is 1. The van der Waals surface area contributed by atoms with Crippen LogP contribution in [0, 0.1) is 0 Å². The predicted molar refractivity (Wildman–Crippen MR) is 84.1 cm³/mol. The summed E-state index contributed by atoms with van der Waals surface area (Å²) >= 11 is 0. The zero-order valence-corrected chi connectivity index (χ0v) is 12.9. The Bertz CT molecular complexity index is 574. The minimum Gasteiger partial charge on any atom is -0.310 e. The molecule has 21 heavy (non-hydrogen) atoms. The van der Waals surface area contributed by atoms with Gasteiger partial charge in [-0.1, -0.05) is 38.1 Å². The normalized spacial score (nSPS) is 20.2. The monoisotopic (exact) mass is 284 g/mol. The summed E-state index contributed by atoms with van der Waals surface area (Å²) in [6, 6.07) is 9.38. The molecular formula is C17H24N4. The molecule has 2 N–H and O–H groups in total. The molecule has 1 atom stereocenters. The summed E-state index contributed by atoms with van der Waals surface area (Å²) in [5.41, 5.74) is 3.28. The van der Waals surface area contributed by atoms with Crippen LogP contribution in [0.4, 0.5) is 0 Å². The molecule has 0 spiro atoms. The van der Waals surface area contributed by atoms with Gasteiger partial charge in [-0.15, -0.1) is 0 Å². The Kier molecular flexibility index (Phi) is 4.06. The van der Waals surface area contributed by atoms with Crippen molar-refractivity contribution in [3.05, 3.63) is 47.5 Å². The van der Waals surface area contributed by atoms with Crippen molar-refractivity contribution in [2.75, 3.05) is 6.54 Å². The Hall–Kier alpha value is -1.68. The van der Waals surface area contributed by atoms with Gasteiger partial charge in [-0.05, 0) is 42.3 Å². The van der Waals surface area contributed by atoms with Crippen LogP contribution in [0.5, 0.6) is 0 Å². The molecule has 3 rings (SSSR count). The van der Waals surface area contributed by atoms with Crippen LogP contribution in [-0.4, -0.2) is 21.7 Å². The smallest absolute Gasteiger partial charge is 0.137 e. The van der Waals surface area contributed by atoms with E-state index in [1.807, 2.05) is 0 Å². The van der Waals surface area contributed by atoms with Crippen molar-refractivity contribution in [2.24, 2.45) is 0 Å². The number of aromatic amines is 1. The number of hydrogen-bond donors (Lipinski definition) is 2. The molecule has 1 aromatic heterocycles. The molecule has 4 heteroatoms. The number of benzene rings is 1. The van der Waals surface area contributed by atoms with Crippen molar-refractivity contribution >= 4 is 0 Å². The van der Waals surface area contributed by atoms with Crippen LogP contribution in [0.25, 0.3) is 0 Å². The van der Waals surface area contributed by atoms with E-state index in [-0.39, 0.29) is 0 Å². The maximum absolute atomic E-state index is 4.16. The molecule has 1 unspecified atom stereocenters. The summed E-state index contributed by atoms with van der Waals surface area (Å²) < 4.78 is 0. The van der Waals surface area contributed by atoms with E-state index in [9.17, 15) is 0 Å². The molecule has 0 aliphatic heterocycles. The number of aryl methyl sites for hydroxylation is 1. The lowest BCUT2D eigenvalue weighted by Gasteiger charge is -2.37. The fourth-order valence-corrected chi connectivity index (χ4v) is 3.31. The molecule has 0 fully saturated rings. The molecule has 0 radical (unpaired) electrons. The molecule has 0 saturated heterocycles. The van der Waals surface area contributed by atoms with Gasteiger partial charge in [0.25, 0.3) is 0 Å². The molecule has 1 aliphatic rings. The lowest BCUT2D eigenvalue weighted by atomic mass is 9.71. The van der Waals surface area contributed by atoms with Crippen LogP contribution in [0.2, 0.25) is 0 Å². The van der Waals surface area contributed by atoms with Gasteiger partial charge in [0.2, 0.25) is 0 Å². The summed E-state index contributed by atoms with van der Waals surface area (Å²) in [5, 5.41) is 10.5. The first-order chi connectivity index (χ1) is 10.2. The molecule has 0 amide bonds. The maximum atomic E-state index is 4.16.